The molecule has 1 aliphatic carbocycles. The zero-order valence-corrected chi connectivity index (χ0v) is 10.0. The molecule has 0 aliphatic heterocycles. The van der Waals surface area contributed by atoms with Crippen molar-refractivity contribution in [1.82, 2.24) is 5.32 Å². The van der Waals surface area contributed by atoms with Crippen molar-refractivity contribution in [2.75, 3.05) is 0 Å². The van der Waals surface area contributed by atoms with Crippen LogP contribution >= 0.6 is 0 Å². The minimum absolute atomic E-state index is 0.213. The minimum atomic E-state index is -0.419. The number of amides is 1. The summed E-state index contributed by atoms with van der Waals surface area (Å²) >= 11 is 0. The Morgan fingerprint density at radius 3 is 2.67 bits per heavy atom. The highest BCUT2D eigenvalue weighted by molar-refractivity contribution is 5.68. The average Bonchev–Trinajstić information content (AvgIpc) is 2.05. The molecule has 0 bridgehead atoms. The molecule has 0 saturated heterocycles. The number of carbonyl (C=O) groups excluding carboxylic acids is 1. The van der Waals surface area contributed by atoms with E-state index in [1.807, 2.05) is 20.8 Å². The van der Waals surface area contributed by atoms with E-state index in [2.05, 4.69) is 24.4 Å². The molecular formula is C12H21NO2. The van der Waals surface area contributed by atoms with Crippen molar-refractivity contribution in [1.29, 1.82) is 0 Å². The predicted molar refractivity (Wildman–Crippen MR) is 60.7 cm³/mol. The SMILES string of the molecule is C[C@H]1C=CCC[C@@H]1NC(=O)OC(C)(C)C. The van der Waals surface area contributed by atoms with Crippen molar-refractivity contribution < 1.29 is 9.53 Å². The van der Waals surface area contributed by atoms with Crippen LogP contribution in [0.2, 0.25) is 0 Å². The van der Waals surface area contributed by atoms with Crippen molar-refractivity contribution >= 4 is 6.09 Å². The Kier molecular flexibility index (Phi) is 3.77. The summed E-state index contributed by atoms with van der Waals surface area (Å²) in [6, 6.07) is 0.213. The van der Waals surface area contributed by atoms with Gasteiger partial charge in [-0.05, 0) is 39.5 Å². The molecule has 3 heteroatoms. The summed E-state index contributed by atoms with van der Waals surface area (Å²) in [5, 5.41) is 2.91. The quantitative estimate of drug-likeness (QED) is 0.677. The maximum Gasteiger partial charge on any atom is 0.407 e. The monoisotopic (exact) mass is 211 g/mol. The highest BCUT2D eigenvalue weighted by Gasteiger charge is 2.22. The van der Waals surface area contributed by atoms with Crippen molar-refractivity contribution in [3.63, 3.8) is 0 Å². The Bertz CT molecular complexity index is 253. The largest absolute Gasteiger partial charge is 0.444 e. The molecular weight excluding hydrogens is 190 g/mol. The van der Waals surface area contributed by atoms with Crippen LogP contribution in [-0.2, 0) is 4.74 Å². The Morgan fingerprint density at radius 2 is 2.13 bits per heavy atom. The zero-order chi connectivity index (χ0) is 11.5. The van der Waals surface area contributed by atoms with Gasteiger partial charge in [0.2, 0.25) is 0 Å². The summed E-state index contributed by atoms with van der Waals surface area (Å²) in [6.45, 7) is 7.72. The molecule has 0 radical (unpaired) electrons. The average molecular weight is 211 g/mol. The lowest BCUT2D eigenvalue weighted by atomic mass is 9.92. The van der Waals surface area contributed by atoms with Gasteiger partial charge in [-0.2, -0.15) is 0 Å². The molecule has 0 heterocycles. The molecule has 15 heavy (non-hydrogen) atoms. The van der Waals surface area contributed by atoms with Crippen LogP contribution in [0.25, 0.3) is 0 Å². The van der Waals surface area contributed by atoms with E-state index in [1.54, 1.807) is 0 Å². The Hall–Kier alpha value is -0.990. The van der Waals surface area contributed by atoms with E-state index in [-0.39, 0.29) is 12.1 Å². The Balaban J connectivity index is 2.41. The van der Waals surface area contributed by atoms with Crippen LogP contribution in [-0.4, -0.2) is 17.7 Å². The van der Waals surface area contributed by atoms with Gasteiger partial charge in [-0.1, -0.05) is 19.1 Å². The number of carbonyl (C=O) groups is 1. The van der Waals surface area contributed by atoms with Crippen LogP contribution in [0.4, 0.5) is 4.79 Å². The van der Waals surface area contributed by atoms with Gasteiger partial charge in [-0.15, -0.1) is 0 Å². The summed E-state index contributed by atoms with van der Waals surface area (Å²) in [4.78, 5) is 11.5. The van der Waals surface area contributed by atoms with Crippen LogP contribution in [0, 0.1) is 5.92 Å². The van der Waals surface area contributed by atoms with E-state index in [0.29, 0.717) is 5.92 Å². The molecule has 1 amide bonds. The molecule has 0 saturated carbocycles. The number of nitrogens with one attached hydrogen (secondary N) is 1. The number of hydrogen-bond acceptors (Lipinski definition) is 2. The van der Waals surface area contributed by atoms with E-state index < -0.39 is 5.60 Å². The van der Waals surface area contributed by atoms with Gasteiger partial charge in [0.1, 0.15) is 5.60 Å². The molecule has 1 N–H and O–H groups in total. The molecule has 0 aromatic rings. The van der Waals surface area contributed by atoms with Gasteiger partial charge < -0.3 is 10.1 Å². The lowest BCUT2D eigenvalue weighted by molar-refractivity contribution is 0.0490. The number of rotatable bonds is 1. The van der Waals surface area contributed by atoms with Gasteiger partial charge in [-0.3, -0.25) is 0 Å². The molecule has 0 unspecified atom stereocenters. The number of allylic oxidation sites excluding steroid dienone is 1. The first-order valence-corrected chi connectivity index (χ1v) is 5.54. The van der Waals surface area contributed by atoms with Crippen molar-refractivity contribution in [3.05, 3.63) is 12.2 Å². The van der Waals surface area contributed by atoms with E-state index >= 15 is 0 Å². The lowest BCUT2D eigenvalue weighted by Crippen LogP contribution is -2.42. The smallest absolute Gasteiger partial charge is 0.407 e. The summed E-state index contributed by atoms with van der Waals surface area (Å²) < 4.78 is 5.21. The maximum absolute atomic E-state index is 11.5. The van der Waals surface area contributed by atoms with Gasteiger partial charge in [0, 0.05) is 6.04 Å². The standard InChI is InChI=1S/C12H21NO2/c1-9-7-5-6-8-10(9)13-11(14)15-12(2,3)4/h5,7,9-10H,6,8H2,1-4H3,(H,13,14)/t9-,10-/m0/s1. The lowest BCUT2D eigenvalue weighted by Gasteiger charge is -2.27. The molecule has 2 atom stereocenters. The molecule has 0 aromatic heterocycles. The van der Waals surface area contributed by atoms with Gasteiger partial charge in [0.25, 0.3) is 0 Å². The first-order chi connectivity index (χ1) is 6.88. The summed E-state index contributed by atoms with van der Waals surface area (Å²) in [5.41, 5.74) is -0.419. The molecule has 0 spiro atoms. The third-order valence-corrected chi connectivity index (χ3v) is 2.42. The van der Waals surface area contributed by atoms with Gasteiger partial charge >= 0.3 is 6.09 Å². The number of alkyl carbamates (subject to hydrolysis) is 1. The van der Waals surface area contributed by atoms with Gasteiger partial charge in [0.05, 0.1) is 0 Å². The fourth-order valence-electron chi connectivity index (χ4n) is 1.65. The van der Waals surface area contributed by atoms with Crippen LogP contribution in [0.5, 0.6) is 0 Å². The third-order valence-electron chi connectivity index (χ3n) is 2.42. The van der Waals surface area contributed by atoms with Crippen LogP contribution in [0.3, 0.4) is 0 Å². The summed E-state index contributed by atoms with van der Waals surface area (Å²) in [5.74, 6) is 0.395. The summed E-state index contributed by atoms with van der Waals surface area (Å²) in [6.07, 6.45) is 6.03. The van der Waals surface area contributed by atoms with E-state index in [9.17, 15) is 4.79 Å². The fraction of sp³-hybridized carbons (Fsp3) is 0.750. The van der Waals surface area contributed by atoms with Crippen molar-refractivity contribution in [2.24, 2.45) is 5.92 Å². The fourth-order valence-corrected chi connectivity index (χ4v) is 1.65. The minimum Gasteiger partial charge on any atom is -0.444 e. The topological polar surface area (TPSA) is 38.3 Å². The van der Waals surface area contributed by atoms with E-state index in [4.69, 9.17) is 4.74 Å². The second kappa shape index (κ2) is 4.69. The van der Waals surface area contributed by atoms with Crippen molar-refractivity contribution in [3.8, 4) is 0 Å². The van der Waals surface area contributed by atoms with Crippen LogP contribution < -0.4 is 5.32 Å². The van der Waals surface area contributed by atoms with E-state index in [1.165, 1.54) is 0 Å². The Labute approximate surface area is 91.9 Å². The molecule has 0 fully saturated rings. The molecule has 1 aliphatic rings. The maximum atomic E-state index is 11.5. The molecule has 0 aromatic carbocycles. The second-order valence-corrected chi connectivity index (χ2v) is 5.12. The van der Waals surface area contributed by atoms with Gasteiger partial charge in [-0.25, -0.2) is 4.79 Å². The molecule has 1 rings (SSSR count). The first kappa shape index (κ1) is 12.1. The van der Waals surface area contributed by atoms with E-state index in [0.717, 1.165) is 12.8 Å². The Morgan fingerprint density at radius 1 is 1.47 bits per heavy atom. The predicted octanol–water partition coefficient (Wildman–Crippen LogP) is 2.87. The molecule has 86 valence electrons. The normalized spacial score (nSPS) is 26.1. The van der Waals surface area contributed by atoms with Crippen LogP contribution in [0.15, 0.2) is 12.2 Å². The zero-order valence-electron chi connectivity index (χ0n) is 10.0. The number of hydrogen-bond donors (Lipinski definition) is 1. The summed E-state index contributed by atoms with van der Waals surface area (Å²) in [7, 11) is 0. The van der Waals surface area contributed by atoms with Crippen LogP contribution in [0.1, 0.15) is 40.5 Å². The number of ether oxygens (including phenoxy) is 1. The molecule has 3 nitrogen and oxygen atoms in total. The van der Waals surface area contributed by atoms with Crippen molar-refractivity contribution in [2.45, 2.75) is 52.2 Å². The highest BCUT2D eigenvalue weighted by Crippen LogP contribution is 2.18. The first-order valence-electron chi connectivity index (χ1n) is 5.54. The third kappa shape index (κ3) is 4.36. The second-order valence-electron chi connectivity index (χ2n) is 5.12. The van der Waals surface area contributed by atoms with Gasteiger partial charge in [0.15, 0.2) is 0 Å². The highest BCUT2D eigenvalue weighted by atomic mass is 16.6.